The molecule has 0 saturated heterocycles. The van der Waals surface area contributed by atoms with Crippen molar-refractivity contribution in [1.82, 2.24) is 9.47 Å². The maximum absolute atomic E-state index is 13.9. The van der Waals surface area contributed by atoms with Crippen molar-refractivity contribution in [3.63, 3.8) is 0 Å². The van der Waals surface area contributed by atoms with Crippen LogP contribution in [-0.2, 0) is 24.6 Å². The molecule has 0 saturated carbocycles. The Kier molecular flexibility index (Phi) is 13.3. The SMILES string of the molecule is CC.CCOC(=O)c1c(OCc2ccccc2)c(OCc2ccccc2)c(C(=O)N(C)C)n1-c1ccc(OCc2ccc(OC)cc2)cc1. The molecule has 1 heterocycles. The molecule has 49 heavy (non-hydrogen) atoms. The van der Waals surface area contributed by atoms with Crippen LogP contribution in [0.4, 0.5) is 0 Å². The lowest BCUT2D eigenvalue weighted by Crippen LogP contribution is -2.26. The Morgan fingerprint density at radius 3 is 1.57 bits per heavy atom. The Balaban J connectivity index is 0.00000265. The monoisotopic (exact) mass is 664 g/mol. The van der Waals surface area contributed by atoms with Gasteiger partial charge in [-0.1, -0.05) is 86.6 Å². The highest BCUT2D eigenvalue weighted by atomic mass is 16.5. The molecule has 5 aromatic rings. The second-order valence-electron chi connectivity index (χ2n) is 10.8. The first-order valence-corrected chi connectivity index (χ1v) is 16.3. The van der Waals surface area contributed by atoms with Gasteiger partial charge in [0, 0.05) is 19.8 Å². The highest BCUT2D eigenvalue weighted by molar-refractivity contribution is 6.02. The molecule has 0 unspecified atom stereocenters. The average Bonchev–Trinajstić information content (AvgIpc) is 3.47. The van der Waals surface area contributed by atoms with Crippen LogP contribution in [-0.4, -0.2) is 49.2 Å². The van der Waals surface area contributed by atoms with Crippen molar-refractivity contribution >= 4 is 11.9 Å². The van der Waals surface area contributed by atoms with Crippen molar-refractivity contribution in [2.45, 2.75) is 40.6 Å². The van der Waals surface area contributed by atoms with Gasteiger partial charge in [-0.15, -0.1) is 0 Å². The third-order valence-electron chi connectivity index (χ3n) is 7.27. The summed E-state index contributed by atoms with van der Waals surface area (Å²) in [5.41, 5.74) is 3.43. The standard InChI is InChI=1S/C38H38N2O7.C2H6/c1-5-44-38(42)34-36(47-26-28-14-10-7-11-15-28)35(46-25-27-12-8-6-9-13-27)33(37(41)39(2)3)40(34)30-18-22-32(23-19-30)45-24-29-16-20-31(43-4)21-17-29;1-2/h6-23H,5,24-26H2,1-4H3;1-2H3. The molecular formula is C40H44N2O7. The van der Waals surface area contributed by atoms with E-state index in [4.69, 9.17) is 23.7 Å². The van der Waals surface area contributed by atoms with Gasteiger partial charge in [0.05, 0.1) is 13.7 Å². The number of aromatic nitrogens is 1. The molecule has 4 aromatic carbocycles. The molecule has 0 fully saturated rings. The number of methoxy groups -OCH3 is 1. The van der Waals surface area contributed by atoms with E-state index in [-0.39, 0.29) is 48.6 Å². The van der Waals surface area contributed by atoms with Crippen LogP contribution in [0, 0.1) is 0 Å². The fourth-order valence-electron chi connectivity index (χ4n) is 4.88. The Morgan fingerprint density at radius 1 is 0.612 bits per heavy atom. The number of amides is 1. The number of carbonyl (C=O) groups is 2. The van der Waals surface area contributed by atoms with Gasteiger partial charge in [-0.2, -0.15) is 0 Å². The summed E-state index contributed by atoms with van der Waals surface area (Å²) in [5, 5.41) is 0. The molecule has 9 nitrogen and oxygen atoms in total. The van der Waals surface area contributed by atoms with Crippen molar-refractivity contribution in [3.05, 3.63) is 137 Å². The first-order chi connectivity index (χ1) is 23.9. The second kappa shape index (κ2) is 18.0. The van der Waals surface area contributed by atoms with Crippen LogP contribution in [0.25, 0.3) is 5.69 Å². The fourth-order valence-corrected chi connectivity index (χ4v) is 4.88. The lowest BCUT2D eigenvalue weighted by atomic mass is 10.2. The van der Waals surface area contributed by atoms with E-state index in [9.17, 15) is 9.59 Å². The smallest absolute Gasteiger partial charge is 0.359 e. The van der Waals surface area contributed by atoms with Gasteiger partial charge >= 0.3 is 5.97 Å². The molecule has 0 spiro atoms. The van der Waals surface area contributed by atoms with E-state index in [2.05, 4.69) is 0 Å². The van der Waals surface area contributed by atoms with E-state index in [0.717, 1.165) is 22.4 Å². The van der Waals surface area contributed by atoms with Gasteiger partial charge in [-0.05, 0) is 60.0 Å². The molecule has 0 N–H and O–H groups in total. The van der Waals surface area contributed by atoms with E-state index in [1.165, 1.54) is 4.90 Å². The predicted molar refractivity (Wildman–Crippen MR) is 190 cm³/mol. The summed E-state index contributed by atoms with van der Waals surface area (Å²) >= 11 is 0. The molecule has 256 valence electrons. The summed E-state index contributed by atoms with van der Waals surface area (Å²) in [6.07, 6.45) is 0. The Labute approximate surface area is 288 Å². The summed E-state index contributed by atoms with van der Waals surface area (Å²) in [6, 6.07) is 33.9. The molecule has 1 aromatic heterocycles. The van der Waals surface area contributed by atoms with Crippen LogP contribution in [0.15, 0.2) is 109 Å². The number of benzene rings is 4. The quantitative estimate of drug-likeness (QED) is 0.111. The summed E-state index contributed by atoms with van der Waals surface area (Å²) < 4.78 is 31.1. The van der Waals surface area contributed by atoms with E-state index in [0.29, 0.717) is 18.0 Å². The average molecular weight is 665 g/mol. The number of rotatable bonds is 14. The zero-order chi connectivity index (χ0) is 35.2. The predicted octanol–water partition coefficient (Wildman–Crippen LogP) is 8.13. The third-order valence-corrected chi connectivity index (χ3v) is 7.27. The van der Waals surface area contributed by atoms with Crippen LogP contribution in [0.2, 0.25) is 0 Å². The van der Waals surface area contributed by atoms with Crippen molar-refractivity contribution in [2.75, 3.05) is 27.8 Å². The van der Waals surface area contributed by atoms with Gasteiger partial charge in [0.25, 0.3) is 5.91 Å². The lowest BCUT2D eigenvalue weighted by molar-refractivity contribution is 0.0511. The van der Waals surface area contributed by atoms with Gasteiger partial charge in [-0.25, -0.2) is 4.79 Å². The highest BCUT2D eigenvalue weighted by Gasteiger charge is 2.36. The lowest BCUT2D eigenvalue weighted by Gasteiger charge is -2.17. The molecule has 0 aliphatic carbocycles. The van der Waals surface area contributed by atoms with Gasteiger partial charge in [0.15, 0.2) is 22.9 Å². The Bertz CT molecular complexity index is 1770. The van der Waals surface area contributed by atoms with Crippen molar-refractivity contribution < 1.29 is 33.3 Å². The maximum Gasteiger partial charge on any atom is 0.359 e. The van der Waals surface area contributed by atoms with Gasteiger partial charge in [0.1, 0.15) is 31.3 Å². The fraction of sp³-hybridized carbons (Fsp3) is 0.250. The molecular weight excluding hydrogens is 620 g/mol. The molecule has 0 aliphatic rings. The molecule has 1 amide bonds. The number of hydrogen-bond acceptors (Lipinski definition) is 7. The zero-order valence-electron chi connectivity index (χ0n) is 29.0. The van der Waals surface area contributed by atoms with Crippen molar-refractivity contribution in [3.8, 4) is 28.7 Å². The molecule has 9 heteroatoms. The highest BCUT2D eigenvalue weighted by Crippen LogP contribution is 2.42. The number of carbonyl (C=O) groups excluding carboxylic acids is 2. The van der Waals surface area contributed by atoms with Gasteiger partial charge < -0.3 is 28.6 Å². The topological polar surface area (TPSA) is 88.5 Å². The number of nitrogens with zero attached hydrogens (tertiary/aromatic N) is 2. The van der Waals surface area contributed by atoms with E-state index in [1.54, 1.807) is 57.0 Å². The summed E-state index contributed by atoms with van der Waals surface area (Å²) in [7, 11) is 4.91. The molecule has 0 bridgehead atoms. The van der Waals surface area contributed by atoms with Crippen molar-refractivity contribution in [1.29, 1.82) is 0 Å². The van der Waals surface area contributed by atoms with E-state index in [1.807, 2.05) is 98.8 Å². The first-order valence-electron chi connectivity index (χ1n) is 16.3. The number of esters is 1. The number of hydrogen-bond donors (Lipinski definition) is 0. The maximum atomic E-state index is 13.9. The van der Waals surface area contributed by atoms with Crippen LogP contribution in [0.5, 0.6) is 23.0 Å². The Hall–Kier alpha value is -5.70. The number of ether oxygens (including phenoxy) is 5. The third kappa shape index (κ3) is 9.22. The largest absolute Gasteiger partial charge is 0.497 e. The van der Waals surface area contributed by atoms with Crippen LogP contribution in [0.3, 0.4) is 0 Å². The van der Waals surface area contributed by atoms with Crippen LogP contribution >= 0.6 is 0 Å². The molecule has 0 atom stereocenters. The Morgan fingerprint density at radius 2 is 1.08 bits per heavy atom. The van der Waals surface area contributed by atoms with E-state index < -0.39 is 5.97 Å². The van der Waals surface area contributed by atoms with E-state index >= 15 is 0 Å². The minimum atomic E-state index is -0.655. The minimum absolute atomic E-state index is 0.0444. The van der Waals surface area contributed by atoms with Crippen molar-refractivity contribution in [2.24, 2.45) is 0 Å². The normalized spacial score (nSPS) is 10.3. The molecule has 0 aliphatic heterocycles. The summed E-state index contributed by atoms with van der Waals surface area (Å²) in [6.45, 7) is 6.47. The molecule has 5 rings (SSSR count). The zero-order valence-corrected chi connectivity index (χ0v) is 29.0. The first kappa shape index (κ1) is 36.1. The van der Waals surface area contributed by atoms with Gasteiger partial charge in [0.2, 0.25) is 0 Å². The second-order valence-corrected chi connectivity index (χ2v) is 10.8. The summed E-state index contributed by atoms with van der Waals surface area (Å²) in [4.78, 5) is 29.1. The van der Waals surface area contributed by atoms with Crippen LogP contribution in [0.1, 0.15) is 58.4 Å². The summed E-state index contributed by atoms with van der Waals surface area (Å²) in [5.74, 6) is 0.603. The molecule has 0 radical (unpaired) electrons. The minimum Gasteiger partial charge on any atom is -0.497 e. The van der Waals surface area contributed by atoms with Crippen LogP contribution < -0.4 is 18.9 Å². The van der Waals surface area contributed by atoms with Gasteiger partial charge in [-0.3, -0.25) is 9.36 Å².